The summed E-state index contributed by atoms with van der Waals surface area (Å²) in [6.07, 6.45) is 1.85. The molecular formula is C18H24N4S. The summed E-state index contributed by atoms with van der Waals surface area (Å²) in [6, 6.07) is 8.90. The zero-order valence-electron chi connectivity index (χ0n) is 14.4. The quantitative estimate of drug-likeness (QED) is 0.875. The maximum atomic E-state index is 5.63. The number of hydrogen-bond donors (Lipinski definition) is 1. The number of nitrogens with zero attached hydrogens (tertiary/aromatic N) is 3. The molecule has 23 heavy (non-hydrogen) atoms. The summed E-state index contributed by atoms with van der Waals surface area (Å²) in [5.74, 6) is 0. The van der Waals surface area contributed by atoms with Crippen LogP contribution in [-0.4, -0.2) is 25.6 Å². The maximum absolute atomic E-state index is 5.63. The lowest BCUT2D eigenvalue weighted by atomic mass is 9.96. The molecule has 0 spiro atoms. The fourth-order valence-corrected chi connectivity index (χ4v) is 3.89. The standard InChI is InChI=1S/C18H24N4S/c1-11(2)22-17(14-10-12(3)21(5)13(14)4)16(20-18(22)23)15-8-6-7-9-19-15/h6-11,16-17H,1-5H3,(H,20,23)/t16-,17-/m0/s1. The number of aromatic nitrogens is 2. The van der Waals surface area contributed by atoms with Crippen LogP contribution in [-0.2, 0) is 7.05 Å². The molecule has 0 saturated carbocycles. The first-order valence-corrected chi connectivity index (χ1v) is 8.45. The summed E-state index contributed by atoms with van der Waals surface area (Å²) in [6.45, 7) is 8.70. The molecule has 3 rings (SSSR count). The van der Waals surface area contributed by atoms with Crippen molar-refractivity contribution in [2.45, 2.75) is 45.8 Å². The molecule has 1 fully saturated rings. The van der Waals surface area contributed by atoms with E-state index in [0.717, 1.165) is 10.8 Å². The van der Waals surface area contributed by atoms with E-state index in [-0.39, 0.29) is 12.1 Å². The predicted octanol–water partition coefficient (Wildman–Crippen LogP) is 3.42. The van der Waals surface area contributed by atoms with Gasteiger partial charge in [0.15, 0.2) is 5.11 Å². The highest BCUT2D eigenvalue weighted by molar-refractivity contribution is 7.80. The van der Waals surface area contributed by atoms with Crippen molar-refractivity contribution in [2.75, 3.05) is 0 Å². The van der Waals surface area contributed by atoms with Crippen LogP contribution in [0.25, 0.3) is 0 Å². The molecule has 5 heteroatoms. The van der Waals surface area contributed by atoms with Gasteiger partial charge in [0.2, 0.25) is 0 Å². The summed E-state index contributed by atoms with van der Waals surface area (Å²) < 4.78 is 2.24. The van der Waals surface area contributed by atoms with Crippen LogP contribution in [0, 0.1) is 13.8 Å². The van der Waals surface area contributed by atoms with Gasteiger partial charge in [-0.15, -0.1) is 0 Å². The Balaban J connectivity index is 2.13. The van der Waals surface area contributed by atoms with E-state index in [0.29, 0.717) is 6.04 Å². The number of thiocarbonyl (C=S) groups is 1. The van der Waals surface area contributed by atoms with Crippen molar-refractivity contribution in [2.24, 2.45) is 7.05 Å². The third kappa shape index (κ3) is 2.63. The number of hydrogen-bond acceptors (Lipinski definition) is 2. The van der Waals surface area contributed by atoms with Gasteiger partial charge in [-0.05, 0) is 63.7 Å². The van der Waals surface area contributed by atoms with Gasteiger partial charge in [0.1, 0.15) is 0 Å². The minimum atomic E-state index is 0.0756. The average Bonchev–Trinajstić information content (AvgIpc) is 3.00. The summed E-state index contributed by atoms with van der Waals surface area (Å²) >= 11 is 5.63. The zero-order valence-corrected chi connectivity index (χ0v) is 15.2. The first-order valence-electron chi connectivity index (χ1n) is 8.04. The fourth-order valence-electron chi connectivity index (χ4n) is 3.44. The maximum Gasteiger partial charge on any atom is 0.170 e. The minimum Gasteiger partial charge on any atom is -0.352 e. The van der Waals surface area contributed by atoms with Crippen LogP contribution < -0.4 is 5.32 Å². The molecule has 3 heterocycles. The van der Waals surface area contributed by atoms with Gasteiger partial charge < -0.3 is 14.8 Å². The van der Waals surface area contributed by atoms with E-state index in [1.54, 1.807) is 0 Å². The Bertz CT molecular complexity index is 720. The van der Waals surface area contributed by atoms with Crippen molar-refractivity contribution in [1.29, 1.82) is 0 Å². The smallest absolute Gasteiger partial charge is 0.170 e. The molecule has 0 radical (unpaired) electrons. The summed E-state index contributed by atoms with van der Waals surface area (Å²) in [4.78, 5) is 6.87. The molecule has 0 aliphatic carbocycles. The summed E-state index contributed by atoms with van der Waals surface area (Å²) in [5.41, 5.74) is 4.90. The Labute approximate surface area is 143 Å². The van der Waals surface area contributed by atoms with Crippen molar-refractivity contribution in [1.82, 2.24) is 19.8 Å². The lowest BCUT2D eigenvalue weighted by Crippen LogP contribution is -2.35. The Morgan fingerprint density at radius 1 is 1.26 bits per heavy atom. The van der Waals surface area contributed by atoms with Crippen LogP contribution >= 0.6 is 12.2 Å². The Hall–Kier alpha value is -1.88. The van der Waals surface area contributed by atoms with Gasteiger partial charge >= 0.3 is 0 Å². The van der Waals surface area contributed by atoms with E-state index < -0.39 is 0 Å². The monoisotopic (exact) mass is 328 g/mol. The predicted molar refractivity (Wildman–Crippen MR) is 97.3 cm³/mol. The second-order valence-electron chi connectivity index (χ2n) is 6.51. The van der Waals surface area contributed by atoms with Gasteiger partial charge in [-0.25, -0.2) is 0 Å². The second kappa shape index (κ2) is 5.96. The van der Waals surface area contributed by atoms with E-state index in [9.17, 15) is 0 Å². The highest BCUT2D eigenvalue weighted by Crippen LogP contribution is 2.41. The SMILES string of the molecule is Cc1cc([C@H]2[C@H](c3ccccn3)NC(=S)N2C(C)C)c(C)n1C. The van der Waals surface area contributed by atoms with Crippen molar-refractivity contribution in [3.8, 4) is 0 Å². The van der Waals surface area contributed by atoms with Gasteiger partial charge in [0.05, 0.1) is 17.8 Å². The van der Waals surface area contributed by atoms with Crippen LogP contribution in [0.15, 0.2) is 30.5 Å². The molecule has 0 amide bonds. The van der Waals surface area contributed by atoms with Crippen molar-refractivity contribution in [3.63, 3.8) is 0 Å². The normalized spacial score (nSPS) is 21.1. The molecular weight excluding hydrogens is 304 g/mol. The molecule has 1 aliphatic heterocycles. The van der Waals surface area contributed by atoms with E-state index in [2.05, 4.69) is 66.6 Å². The Morgan fingerprint density at radius 2 is 2.00 bits per heavy atom. The third-order valence-electron chi connectivity index (χ3n) is 4.82. The van der Waals surface area contributed by atoms with Gasteiger partial charge in [0.25, 0.3) is 0 Å². The molecule has 122 valence electrons. The van der Waals surface area contributed by atoms with Crippen LogP contribution in [0.5, 0.6) is 0 Å². The van der Waals surface area contributed by atoms with Gasteiger partial charge in [0, 0.05) is 30.7 Å². The summed E-state index contributed by atoms with van der Waals surface area (Å²) in [5, 5.41) is 4.30. The fraction of sp³-hybridized carbons (Fsp3) is 0.444. The lowest BCUT2D eigenvalue weighted by Gasteiger charge is -2.31. The molecule has 1 saturated heterocycles. The van der Waals surface area contributed by atoms with Crippen LogP contribution in [0.1, 0.15) is 48.6 Å². The molecule has 0 aromatic carbocycles. The van der Waals surface area contributed by atoms with E-state index in [1.807, 2.05) is 18.3 Å². The van der Waals surface area contributed by atoms with E-state index in [4.69, 9.17) is 12.2 Å². The molecule has 4 nitrogen and oxygen atoms in total. The number of pyridine rings is 1. The van der Waals surface area contributed by atoms with Crippen molar-refractivity contribution in [3.05, 3.63) is 53.1 Å². The topological polar surface area (TPSA) is 33.1 Å². The highest BCUT2D eigenvalue weighted by Gasteiger charge is 2.42. The van der Waals surface area contributed by atoms with Gasteiger partial charge in [-0.3, -0.25) is 4.98 Å². The molecule has 2 aromatic heterocycles. The molecule has 0 bridgehead atoms. The zero-order chi connectivity index (χ0) is 16.7. The van der Waals surface area contributed by atoms with Crippen LogP contribution in [0.4, 0.5) is 0 Å². The molecule has 0 unspecified atom stereocenters. The van der Waals surface area contributed by atoms with Crippen LogP contribution in [0.3, 0.4) is 0 Å². The van der Waals surface area contributed by atoms with E-state index >= 15 is 0 Å². The molecule has 1 N–H and O–H groups in total. The largest absolute Gasteiger partial charge is 0.352 e. The number of aryl methyl sites for hydroxylation is 1. The third-order valence-corrected chi connectivity index (χ3v) is 5.15. The molecule has 2 aromatic rings. The van der Waals surface area contributed by atoms with Crippen molar-refractivity contribution >= 4 is 17.3 Å². The second-order valence-corrected chi connectivity index (χ2v) is 6.90. The number of rotatable bonds is 3. The first-order chi connectivity index (χ1) is 10.9. The van der Waals surface area contributed by atoms with Gasteiger partial charge in [-0.1, -0.05) is 6.07 Å². The molecule has 2 atom stereocenters. The molecule has 1 aliphatic rings. The summed E-state index contributed by atoms with van der Waals surface area (Å²) in [7, 11) is 2.12. The van der Waals surface area contributed by atoms with Crippen molar-refractivity contribution < 1.29 is 0 Å². The Morgan fingerprint density at radius 3 is 2.52 bits per heavy atom. The highest BCUT2D eigenvalue weighted by atomic mass is 32.1. The lowest BCUT2D eigenvalue weighted by molar-refractivity contribution is 0.268. The van der Waals surface area contributed by atoms with Crippen LogP contribution in [0.2, 0.25) is 0 Å². The minimum absolute atomic E-state index is 0.0756. The number of nitrogens with one attached hydrogen (secondary N) is 1. The van der Waals surface area contributed by atoms with Gasteiger partial charge in [-0.2, -0.15) is 0 Å². The first kappa shape index (κ1) is 16.0. The van der Waals surface area contributed by atoms with E-state index in [1.165, 1.54) is 17.0 Å². The average molecular weight is 328 g/mol. The Kier molecular flexibility index (Phi) is 4.15.